The van der Waals surface area contributed by atoms with E-state index < -0.39 is 0 Å². The Balaban J connectivity index is 1.45. The Bertz CT molecular complexity index is 1100. The van der Waals surface area contributed by atoms with Gasteiger partial charge < -0.3 is 10.1 Å². The number of para-hydroxylation sites is 1. The number of carbonyl (C=O) groups is 1. The van der Waals surface area contributed by atoms with Gasteiger partial charge in [-0.3, -0.25) is 14.3 Å². The van der Waals surface area contributed by atoms with Gasteiger partial charge in [0.15, 0.2) is 11.0 Å². The van der Waals surface area contributed by atoms with Crippen molar-refractivity contribution >= 4 is 17.7 Å². The van der Waals surface area contributed by atoms with Crippen molar-refractivity contribution in [1.29, 1.82) is 0 Å². The average molecular weight is 498 g/mol. The maximum Gasteiger partial charge on any atom is 0.230 e. The molecule has 0 radical (unpaired) electrons. The lowest BCUT2D eigenvalue weighted by Crippen LogP contribution is -2.49. The second-order valence-electron chi connectivity index (χ2n) is 8.98. The van der Waals surface area contributed by atoms with Gasteiger partial charge in [-0.25, -0.2) is 4.39 Å². The number of rotatable bonds is 10. The normalized spacial score (nSPS) is 15.3. The molecule has 2 aromatic carbocycles. The average Bonchev–Trinajstić information content (AvgIpc) is 3.30. The molecule has 0 aliphatic carbocycles. The number of benzene rings is 2. The Labute approximate surface area is 210 Å². The van der Waals surface area contributed by atoms with Gasteiger partial charge in [-0.05, 0) is 36.6 Å². The number of carbonyl (C=O) groups excluding carboxylic acids is 1. The summed E-state index contributed by atoms with van der Waals surface area (Å²) >= 11 is 1.29. The first kappa shape index (κ1) is 25.3. The summed E-state index contributed by atoms with van der Waals surface area (Å²) in [4.78, 5) is 15.2. The van der Waals surface area contributed by atoms with E-state index in [-0.39, 0.29) is 23.5 Å². The standard InChI is InChI=1S/C26H32FN5O2S/c1-19(2)16-21(31-12-14-34-15-13-31)17-28-24(33)18-35-26-30-29-25(22-10-6-7-11-23(22)27)32(26)20-8-4-3-5-9-20/h3-11,19,21H,12-18H2,1-2H3,(H,28,33). The molecule has 1 N–H and O–H groups in total. The molecule has 0 saturated carbocycles. The van der Waals surface area contributed by atoms with Crippen LogP contribution < -0.4 is 5.32 Å². The van der Waals surface area contributed by atoms with E-state index in [1.54, 1.807) is 22.8 Å². The zero-order valence-corrected chi connectivity index (χ0v) is 21.0. The largest absolute Gasteiger partial charge is 0.379 e. The predicted octanol–water partition coefficient (Wildman–Crippen LogP) is 4.03. The summed E-state index contributed by atoms with van der Waals surface area (Å²) in [7, 11) is 0. The van der Waals surface area contributed by atoms with Crippen LogP contribution in [0.15, 0.2) is 59.8 Å². The highest BCUT2D eigenvalue weighted by Crippen LogP contribution is 2.29. The van der Waals surface area contributed by atoms with Gasteiger partial charge >= 0.3 is 0 Å². The highest BCUT2D eigenvalue weighted by molar-refractivity contribution is 7.99. The summed E-state index contributed by atoms with van der Waals surface area (Å²) in [5, 5.41) is 12.2. The van der Waals surface area contributed by atoms with Crippen LogP contribution in [0.4, 0.5) is 4.39 Å². The Morgan fingerprint density at radius 2 is 1.80 bits per heavy atom. The van der Waals surface area contributed by atoms with E-state index in [1.807, 2.05) is 30.3 Å². The number of morpholine rings is 1. The molecule has 1 aliphatic heterocycles. The second-order valence-corrected chi connectivity index (χ2v) is 9.92. The zero-order chi connectivity index (χ0) is 24.6. The van der Waals surface area contributed by atoms with Gasteiger partial charge in [0.2, 0.25) is 5.91 Å². The first-order valence-corrected chi connectivity index (χ1v) is 13.0. The van der Waals surface area contributed by atoms with Crippen molar-refractivity contribution in [2.24, 2.45) is 5.92 Å². The first-order chi connectivity index (χ1) is 17.0. The maximum atomic E-state index is 14.6. The molecule has 1 saturated heterocycles. The number of amides is 1. The number of nitrogens with zero attached hydrogens (tertiary/aromatic N) is 4. The van der Waals surface area contributed by atoms with Gasteiger partial charge in [-0.1, -0.05) is 55.9 Å². The van der Waals surface area contributed by atoms with Crippen LogP contribution in [0, 0.1) is 11.7 Å². The van der Waals surface area contributed by atoms with E-state index in [9.17, 15) is 9.18 Å². The van der Waals surface area contributed by atoms with E-state index in [0.29, 0.717) is 29.0 Å². The van der Waals surface area contributed by atoms with E-state index in [0.717, 1.165) is 38.4 Å². The predicted molar refractivity (Wildman–Crippen MR) is 136 cm³/mol. The molecule has 1 aliphatic rings. The number of thioether (sulfide) groups is 1. The van der Waals surface area contributed by atoms with Gasteiger partial charge in [0.25, 0.3) is 0 Å². The van der Waals surface area contributed by atoms with E-state index in [1.165, 1.54) is 17.8 Å². The molecule has 1 fully saturated rings. The molecule has 1 amide bonds. The van der Waals surface area contributed by atoms with Crippen LogP contribution in [0.3, 0.4) is 0 Å². The smallest absolute Gasteiger partial charge is 0.230 e. The molecule has 9 heteroatoms. The molecule has 186 valence electrons. The van der Waals surface area contributed by atoms with Crippen molar-refractivity contribution in [2.45, 2.75) is 31.5 Å². The van der Waals surface area contributed by atoms with E-state index in [4.69, 9.17) is 4.74 Å². The second kappa shape index (κ2) is 12.3. The Morgan fingerprint density at radius 1 is 1.09 bits per heavy atom. The van der Waals surface area contributed by atoms with E-state index in [2.05, 4.69) is 34.3 Å². The third-order valence-electron chi connectivity index (χ3n) is 5.94. The summed E-state index contributed by atoms with van der Waals surface area (Å²) in [6, 6.07) is 16.3. The quantitative estimate of drug-likeness (QED) is 0.427. The molecular weight excluding hydrogens is 465 g/mol. The summed E-state index contributed by atoms with van der Waals surface area (Å²) in [6.45, 7) is 8.25. The van der Waals surface area contributed by atoms with Gasteiger partial charge in [0.05, 0.1) is 24.5 Å². The van der Waals surface area contributed by atoms with Crippen LogP contribution in [0.5, 0.6) is 0 Å². The fourth-order valence-corrected chi connectivity index (χ4v) is 5.03. The van der Waals surface area contributed by atoms with Crippen LogP contribution in [0.2, 0.25) is 0 Å². The fraction of sp³-hybridized carbons (Fsp3) is 0.423. The molecule has 3 aromatic rings. The minimum Gasteiger partial charge on any atom is -0.379 e. The molecule has 0 spiro atoms. The number of ether oxygens (including phenoxy) is 1. The number of aromatic nitrogens is 3. The number of nitrogens with one attached hydrogen (secondary N) is 1. The molecule has 1 aromatic heterocycles. The third kappa shape index (κ3) is 6.68. The van der Waals surface area contributed by atoms with Crippen LogP contribution in [0.25, 0.3) is 17.1 Å². The summed E-state index contributed by atoms with van der Waals surface area (Å²) in [5.41, 5.74) is 1.17. The lowest BCUT2D eigenvalue weighted by atomic mass is 10.0. The monoisotopic (exact) mass is 497 g/mol. The summed E-state index contributed by atoms with van der Waals surface area (Å²) in [5.74, 6) is 0.703. The SMILES string of the molecule is CC(C)CC(CNC(=O)CSc1nnc(-c2ccccc2F)n1-c1ccccc1)N1CCOCC1. The maximum absolute atomic E-state index is 14.6. The van der Waals surface area contributed by atoms with Gasteiger partial charge in [0, 0.05) is 31.4 Å². The van der Waals surface area contributed by atoms with Gasteiger partial charge in [-0.15, -0.1) is 10.2 Å². The highest BCUT2D eigenvalue weighted by atomic mass is 32.2. The first-order valence-electron chi connectivity index (χ1n) is 12.0. The Morgan fingerprint density at radius 3 is 2.51 bits per heavy atom. The molecule has 0 bridgehead atoms. The van der Waals surface area contributed by atoms with Crippen molar-refractivity contribution in [3.63, 3.8) is 0 Å². The van der Waals surface area contributed by atoms with Crippen molar-refractivity contribution in [3.05, 3.63) is 60.4 Å². The lowest BCUT2D eigenvalue weighted by Gasteiger charge is -2.35. The lowest BCUT2D eigenvalue weighted by molar-refractivity contribution is -0.118. The molecular formula is C26H32FN5O2S. The van der Waals surface area contributed by atoms with Gasteiger partial charge in [-0.2, -0.15) is 0 Å². The van der Waals surface area contributed by atoms with Crippen molar-refractivity contribution in [3.8, 4) is 17.1 Å². The molecule has 1 unspecified atom stereocenters. The van der Waals surface area contributed by atoms with Crippen LogP contribution in [-0.4, -0.2) is 70.2 Å². The van der Waals surface area contributed by atoms with Crippen LogP contribution in [0.1, 0.15) is 20.3 Å². The van der Waals surface area contributed by atoms with Crippen molar-refractivity contribution in [2.75, 3.05) is 38.6 Å². The molecule has 1 atom stereocenters. The third-order valence-corrected chi connectivity index (χ3v) is 6.86. The highest BCUT2D eigenvalue weighted by Gasteiger charge is 2.23. The Hall–Kier alpha value is -2.75. The molecule has 2 heterocycles. The molecule has 35 heavy (non-hydrogen) atoms. The number of hydrogen-bond acceptors (Lipinski definition) is 6. The summed E-state index contributed by atoms with van der Waals surface area (Å²) < 4.78 is 21.8. The number of halogens is 1. The van der Waals surface area contributed by atoms with Crippen LogP contribution >= 0.6 is 11.8 Å². The molecule has 4 rings (SSSR count). The number of hydrogen-bond donors (Lipinski definition) is 1. The summed E-state index contributed by atoms with van der Waals surface area (Å²) in [6.07, 6.45) is 1.02. The molecule has 7 nitrogen and oxygen atoms in total. The fourth-order valence-electron chi connectivity index (χ4n) is 4.25. The van der Waals surface area contributed by atoms with Crippen molar-refractivity contribution in [1.82, 2.24) is 25.0 Å². The van der Waals surface area contributed by atoms with Crippen molar-refractivity contribution < 1.29 is 13.9 Å². The van der Waals surface area contributed by atoms with Crippen LogP contribution in [-0.2, 0) is 9.53 Å². The minimum atomic E-state index is -0.370. The minimum absolute atomic E-state index is 0.0629. The Kier molecular flexibility index (Phi) is 8.90. The topological polar surface area (TPSA) is 72.3 Å². The zero-order valence-electron chi connectivity index (χ0n) is 20.2. The van der Waals surface area contributed by atoms with Gasteiger partial charge in [0.1, 0.15) is 5.82 Å². The van der Waals surface area contributed by atoms with E-state index >= 15 is 0 Å².